The molecular weight excluding hydrogens is 410 g/mol. The number of nitrogens with zero attached hydrogens (tertiary/aromatic N) is 2. The van der Waals surface area contributed by atoms with Gasteiger partial charge in [-0.2, -0.15) is 4.31 Å². The molecule has 4 rings (SSSR count). The summed E-state index contributed by atoms with van der Waals surface area (Å²) in [5.74, 6) is 0.320. The van der Waals surface area contributed by atoms with E-state index < -0.39 is 10.0 Å². The molecule has 152 valence electrons. The van der Waals surface area contributed by atoms with E-state index in [2.05, 4.69) is 10.3 Å². The maximum atomic E-state index is 12.8. The normalized spacial score (nSPS) is 16.0. The molecular formula is C20H21N3O4S2. The van der Waals surface area contributed by atoms with Crippen LogP contribution in [0.4, 0.5) is 5.69 Å². The number of carbonyl (C=O) groups is 1. The number of piperidine rings is 1. The fourth-order valence-electron chi connectivity index (χ4n) is 3.43. The number of methoxy groups -OCH3 is 1. The molecule has 1 saturated heterocycles. The van der Waals surface area contributed by atoms with Crippen LogP contribution >= 0.6 is 11.3 Å². The quantitative estimate of drug-likeness (QED) is 0.669. The summed E-state index contributed by atoms with van der Waals surface area (Å²) in [6.07, 6.45) is 0.980. The molecule has 0 radical (unpaired) electrons. The van der Waals surface area contributed by atoms with Crippen molar-refractivity contribution in [3.05, 3.63) is 48.0 Å². The molecule has 1 N–H and O–H groups in total. The maximum absolute atomic E-state index is 12.8. The van der Waals surface area contributed by atoms with E-state index in [0.29, 0.717) is 31.7 Å². The van der Waals surface area contributed by atoms with Crippen molar-refractivity contribution in [2.24, 2.45) is 5.92 Å². The average molecular weight is 432 g/mol. The lowest BCUT2D eigenvalue weighted by Crippen LogP contribution is -2.41. The van der Waals surface area contributed by atoms with Gasteiger partial charge in [-0.05, 0) is 55.3 Å². The maximum Gasteiger partial charge on any atom is 0.243 e. The number of thiazole rings is 1. The van der Waals surface area contributed by atoms with E-state index in [9.17, 15) is 13.2 Å². The lowest BCUT2D eigenvalue weighted by atomic mass is 9.97. The van der Waals surface area contributed by atoms with Crippen molar-refractivity contribution < 1.29 is 17.9 Å². The van der Waals surface area contributed by atoms with Crippen LogP contribution in [-0.4, -0.2) is 43.8 Å². The summed E-state index contributed by atoms with van der Waals surface area (Å²) in [5, 5.41) is 2.95. The third kappa shape index (κ3) is 4.12. The third-order valence-electron chi connectivity index (χ3n) is 5.12. The Balaban J connectivity index is 1.38. The number of ether oxygens (including phenoxy) is 1. The molecule has 0 saturated carbocycles. The highest BCUT2D eigenvalue weighted by Crippen LogP contribution is 2.27. The standard InChI is InChI=1S/C20H21N3O4S2/c1-27-16-3-5-17(6-4-16)29(25,26)23-10-8-14(9-11-23)20(24)22-15-2-7-18-19(12-15)28-13-21-18/h2-7,12-14H,8-11H2,1H3,(H,22,24). The minimum Gasteiger partial charge on any atom is -0.497 e. The zero-order valence-electron chi connectivity index (χ0n) is 15.9. The van der Waals surface area contributed by atoms with Gasteiger partial charge in [-0.1, -0.05) is 0 Å². The van der Waals surface area contributed by atoms with Crippen LogP contribution in [0.5, 0.6) is 5.75 Å². The number of amides is 1. The van der Waals surface area contributed by atoms with Crippen molar-refractivity contribution in [3.8, 4) is 5.75 Å². The SMILES string of the molecule is COc1ccc(S(=O)(=O)N2CCC(C(=O)Nc3ccc4ncsc4c3)CC2)cc1. The molecule has 0 bridgehead atoms. The molecule has 2 heterocycles. The smallest absolute Gasteiger partial charge is 0.243 e. The number of hydrogen-bond acceptors (Lipinski definition) is 6. The summed E-state index contributed by atoms with van der Waals surface area (Å²) in [6.45, 7) is 0.640. The van der Waals surface area contributed by atoms with Gasteiger partial charge in [0.2, 0.25) is 15.9 Å². The van der Waals surface area contributed by atoms with Gasteiger partial charge in [-0.3, -0.25) is 4.79 Å². The summed E-state index contributed by atoms with van der Waals surface area (Å²) in [4.78, 5) is 17.1. The van der Waals surface area contributed by atoms with Crippen LogP contribution in [0.15, 0.2) is 52.9 Å². The zero-order chi connectivity index (χ0) is 20.4. The van der Waals surface area contributed by atoms with Crippen molar-refractivity contribution in [1.82, 2.24) is 9.29 Å². The summed E-state index contributed by atoms with van der Waals surface area (Å²) >= 11 is 1.52. The van der Waals surface area contributed by atoms with Crippen LogP contribution in [0, 0.1) is 5.92 Å². The second-order valence-electron chi connectivity index (χ2n) is 6.88. The summed E-state index contributed by atoms with van der Waals surface area (Å²) < 4.78 is 33.2. The van der Waals surface area contributed by atoms with Crippen molar-refractivity contribution in [3.63, 3.8) is 0 Å². The van der Waals surface area contributed by atoms with E-state index in [1.165, 1.54) is 22.8 Å². The molecule has 7 nitrogen and oxygen atoms in total. The van der Waals surface area contributed by atoms with Gasteiger partial charge >= 0.3 is 0 Å². The lowest BCUT2D eigenvalue weighted by molar-refractivity contribution is -0.120. The van der Waals surface area contributed by atoms with Gasteiger partial charge in [-0.25, -0.2) is 13.4 Å². The van der Waals surface area contributed by atoms with Gasteiger partial charge in [0, 0.05) is 24.7 Å². The molecule has 9 heteroatoms. The Morgan fingerprint density at radius 2 is 1.90 bits per heavy atom. The molecule has 1 aliphatic heterocycles. The largest absolute Gasteiger partial charge is 0.497 e. The van der Waals surface area contributed by atoms with E-state index >= 15 is 0 Å². The summed E-state index contributed by atoms with van der Waals surface area (Å²) in [6, 6.07) is 12.0. The van der Waals surface area contributed by atoms with Crippen LogP contribution < -0.4 is 10.1 Å². The average Bonchev–Trinajstić information content (AvgIpc) is 3.22. The van der Waals surface area contributed by atoms with E-state index in [1.54, 1.807) is 29.8 Å². The van der Waals surface area contributed by atoms with Crippen LogP contribution in [0.3, 0.4) is 0 Å². The first kappa shape index (κ1) is 19.8. The molecule has 1 aliphatic rings. The monoisotopic (exact) mass is 431 g/mol. The first-order valence-electron chi connectivity index (χ1n) is 9.26. The Morgan fingerprint density at radius 3 is 2.59 bits per heavy atom. The molecule has 1 amide bonds. The molecule has 3 aromatic rings. The molecule has 0 spiro atoms. The van der Waals surface area contributed by atoms with Gasteiger partial charge < -0.3 is 10.1 Å². The van der Waals surface area contributed by atoms with Crippen LogP contribution in [0.1, 0.15) is 12.8 Å². The van der Waals surface area contributed by atoms with Gasteiger partial charge in [0.15, 0.2) is 0 Å². The second kappa shape index (κ2) is 8.10. The number of sulfonamides is 1. The molecule has 2 aromatic carbocycles. The molecule has 0 aliphatic carbocycles. The van der Waals surface area contributed by atoms with Gasteiger partial charge in [-0.15, -0.1) is 11.3 Å². The van der Waals surface area contributed by atoms with Gasteiger partial charge in [0.25, 0.3) is 0 Å². The van der Waals surface area contributed by atoms with Crippen molar-refractivity contribution in [2.45, 2.75) is 17.7 Å². The number of nitrogens with one attached hydrogen (secondary N) is 1. The van der Waals surface area contributed by atoms with Crippen molar-refractivity contribution >= 4 is 43.2 Å². The highest BCUT2D eigenvalue weighted by atomic mass is 32.2. The molecule has 29 heavy (non-hydrogen) atoms. The minimum absolute atomic E-state index is 0.0737. The number of aromatic nitrogens is 1. The van der Waals surface area contributed by atoms with E-state index in [0.717, 1.165) is 15.9 Å². The van der Waals surface area contributed by atoms with Crippen LogP contribution in [0.2, 0.25) is 0 Å². The van der Waals surface area contributed by atoms with E-state index in [-0.39, 0.29) is 16.7 Å². The van der Waals surface area contributed by atoms with E-state index in [4.69, 9.17) is 4.74 Å². The number of hydrogen-bond donors (Lipinski definition) is 1. The third-order valence-corrected chi connectivity index (χ3v) is 7.83. The topological polar surface area (TPSA) is 88.6 Å². The number of fused-ring (bicyclic) bond motifs is 1. The number of anilines is 1. The summed E-state index contributed by atoms with van der Waals surface area (Å²) in [7, 11) is -2.04. The zero-order valence-corrected chi connectivity index (χ0v) is 17.5. The highest BCUT2D eigenvalue weighted by Gasteiger charge is 2.32. The van der Waals surface area contributed by atoms with Gasteiger partial charge in [0.05, 0.1) is 27.7 Å². The van der Waals surface area contributed by atoms with Gasteiger partial charge in [0.1, 0.15) is 5.75 Å². The summed E-state index contributed by atoms with van der Waals surface area (Å²) in [5.41, 5.74) is 3.42. The van der Waals surface area contributed by atoms with Crippen LogP contribution in [0.25, 0.3) is 10.2 Å². The van der Waals surface area contributed by atoms with Crippen LogP contribution in [-0.2, 0) is 14.8 Å². The fraction of sp³-hybridized carbons (Fsp3) is 0.300. The molecule has 1 aromatic heterocycles. The molecule has 0 atom stereocenters. The molecule has 1 fully saturated rings. The Morgan fingerprint density at radius 1 is 1.17 bits per heavy atom. The predicted octanol–water partition coefficient (Wildman–Crippen LogP) is 3.34. The Kier molecular flexibility index (Phi) is 5.53. The predicted molar refractivity (Wildman–Crippen MR) is 113 cm³/mol. The van der Waals surface area contributed by atoms with Crippen molar-refractivity contribution in [2.75, 3.05) is 25.5 Å². The minimum atomic E-state index is -3.57. The number of carbonyl (C=O) groups excluding carboxylic acids is 1. The molecule has 0 unspecified atom stereocenters. The second-order valence-corrected chi connectivity index (χ2v) is 9.70. The first-order chi connectivity index (χ1) is 14.0. The fourth-order valence-corrected chi connectivity index (χ4v) is 5.62. The lowest BCUT2D eigenvalue weighted by Gasteiger charge is -2.30. The Hall–Kier alpha value is -2.49. The Labute approximate surface area is 173 Å². The van der Waals surface area contributed by atoms with E-state index in [1.807, 2.05) is 18.2 Å². The first-order valence-corrected chi connectivity index (χ1v) is 11.6. The number of benzene rings is 2. The highest BCUT2D eigenvalue weighted by molar-refractivity contribution is 7.89. The Bertz CT molecular complexity index is 1120. The van der Waals surface area contributed by atoms with Crippen molar-refractivity contribution in [1.29, 1.82) is 0 Å². The number of rotatable bonds is 5.